The fraction of sp³-hybridized carbons (Fsp3) is 0. The minimum Gasteiger partial charge on any atom is -0.208 e. The first-order chi connectivity index (χ1) is 30.8. The Bertz CT molecular complexity index is 3800. The van der Waals surface area contributed by atoms with Crippen LogP contribution in [0.25, 0.3) is 121 Å². The van der Waals surface area contributed by atoms with Crippen molar-refractivity contribution in [3.05, 3.63) is 224 Å². The average molecular weight is 788 g/mol. The van der Waals surface area contributed by atoms with Gasteiger partial charge in [-0.05, 0) is 98.7 Å². The van der Waals surface area contributed by atoms with Gasteiger partial charge in [-0.25, -0.2) is 15.0 Å². The predicted molar refractivity (Wildman–Crippen MR) is 262 cm³/mol. The van der Waals surface area contributed by atoms with E-state index >= 15 is 0 Å². The zero-order chi connectivity index (χ0) is 41.0. The maximum atomic E-state index is 5.31. The third kappa shape index (κ3) is 5.94. The van der Waals surface area contributed by atoms with E-state index in [1.807, 2.05) is 24.3 Å². The molecule has 0 saturated carbocycles. The van der Waals surface area contributed by atoms with Crippen LogP contribution >= 0.6 is 0 Å². The van der Waals surface area contributed by atoms with Crippen molar-refractivity contribution in [3.8, 4) is 45.3 Å². The van der Waals surface area contributed by atoms with Gasteiger partial charge >= 0.3 is 0 Å². The molecule has 0 amide bonds. The van der Waals surface area contributed by atoms with Crippen molar-refractivity contribution in [3.63, 3.8) is 0 Å². The highest BCUT2D eigenvalue weighted by Gasteiger charge is 2.18. The van der Waals surface area contributed by atoms with Crippen molar-refractivity contribution in [1.29, 1.82) is 0 Å². The summed E-state index contributed by atoms with van der Waals surface area (Å²) in [6.45, 7) is 0. The van der Waals surface area contributed by atoms with Gasteiger partial charge in [0.1, 0.15) is 0 Å². The lowest BCUT2D eigenvalue weighted by Gasteiger charge is -2.15. The molecule has 0 bridgehead atoms. The number of benzene rings is 10. The molecule has 0 atom stereocenters. The van der Waals surface area contributed by atoms with Crippen molar-refractivity contribution < 1.29 is 0 Å². The van der Waals surface area contributed by atoms with E-state index in [2.05, 4.69) is 200 Å². The van der Waals surface area contributed by atoms with Crippen LogP contribution in [0.5, 0.6) is 0 Å². The van der Waals surface area contributed by atoms with E-state index in [-0.39, 0.29) is 0 Å². The summed E-state index contributed by atoms with van der Waals surface area (Å²) in [5, 5.41) is 16.7. The highest BCUT2D eigenvalue weighted by Crippen LogP contribution is 2.43. The first kappa shape index (κ1) is 35.7. The Kier molecular flexibility index (Phi) is 8.50. The molecule has 1 heterocycles. The summed E-state index contributed by atoms with van der Waals surface area (Å²) < 4.78 is 0. The van der Waals surface area contributed by atoms with Crippen LogP contribution in [0.4, 0.5) is 0 Å². The van der Waals surface area contributed by atoms with Crippen LogP contribution in [0.3, 0.4) is 0 Å². The second-order valence-electron chi connectivity index (χ2n) is 15.9. The van der Waals surface area contributed by atoms with Crippen LogP contribution in [0, 0.1) is 0 Å². The van der Waals surface area contributed by atoms with Crippen LogP contribution in [-0.2, 0) is 0 Å². The molecular formula is C59H37N3. The lowest BCUT2D eigenvalue weighted by Crippen LogP contribution is -2.00. The Balaban J connectivity index is 1.27. The van der Waals surface area contributed by atoms with Crippen LogP contribution < -0.4 is 0 Å². The fourth-order valence-electron chi connectivity index (χ4n) is 9.49. The third-order valence-electron chi connectivity index (χ3n) is 12.3. The largest absolute Gasteiger partial charge is 0.208 e. The highest BCUT2D eigenvalue weighted by atomic mass is 15.0. The summed E-state index contributed by atoms with van der Waals surface area (Å²) in [5.74, 6) is 1.87. The monoisotopic (exact) mass is 787 g/mol. The van der Waals surface area contributed by atoms with Crippen LogP contribution in [0.15, 0.2) is 224 Å². The first-order valence-electron chi connectivity index (χ1n) is 21.1. The summed E-state index contributed by atoms with van der Waals surface area (Å²) in [5.41, 5.74) is 5.02. The van der Waals surface area contributed by atoms with E-state index in [1.165, 1.54) is 64.6 Å². The summed E-state index contributed by atoms with van der Waals surface area (Å²) in [6.07, 6.45) is 0. The number of rotatable bonds is 4. The molecule has 0 aliphatic heterocycles. The quantitative estimate of drug-likeness (QED) is 0.167. The molecule has 0 spiro atoms. The summed E-state index contributed by atoms with van der Waals surface area (Å²) >= 11 is 0. The first-order valence-corrected chi connectivity index (χ1v) is 21.1. The molecule has 0 fully saturated rings. The molecule has 0 aliphatic rings. The standard InChI is InChI=1S/C59H37N3/c1-3-18-38(19-4-1)40-22-17-23-41(36-40)58-60-57(39-20-5-2-6-21-39)61-59(62-58)42-34-35-50-46-27-10-8-25-44(46)43-24-7-9-26-45(43)47-28-11-14-31-51(47)55-52-32-15-12-29-48(52)49-30-13-16-33-53(49)56(55)54(50)37-42/h1-37H. The van der Waals surface area contributed by atoms with Gasteiger partial charge in [0, 0.05) is 16.7 Å². The number of fused-ring (bicyclic) bond motifs is 15. The van der Waals surface area contributed by atoms with Gasteiger partial charge in [0.15, 0.2) is 17.5 Å². The molecule has 11 aromatic carbocycles. The van der Waals surface area contributed by atoms with E-state index in [1.54, 1.807) is 0 Å². The number of aromatic nitrogens is 3. The number of nitrogens with zero attached hydrogens (tertiary/aromatic N) is 3. The molecule has 0 aliphatic carbocycles. The Labute approximate surface area is 358 Å². The zero-order valence-electron chi connectivity index (χ0n) is 33.7. The molecule has 0 radical (unpaired) electrons. The second-order valence-corrected chi connectivity index (χ2v) is 15.9. The number of hydrogen-bond acceptors (Lipinski definition) is 3. The highest BCUT2D eigenvalue weighted by molar-refractivity contribution is 6.38. The van der Waals surface area contributed by atoms with Crippen molar-refractivity contribution in [2.24, 2.45) is 0 Å². The van der Waals surface area contributed by atoms with E-state index in [0.29, 0.717) is 17.5 Å². The molecule has 0 saturated heterocycles. The zero-order valence-corrected chi connectivity index (χ0v) is 33.7. The Morgan fingerprint density at radius 2 is 0.484 bits per heavy atom. The van der Waals surface area contributed by atoms with Gasteiger partial charge in [-0.15, -0.1) is 0 Å². The SMILES string of the molecule is c1ccc(-c2cccc(-c3nc(-c4ccccc4)nc(-c4ccc5c6ccccc6c6ccccc6c6ccccc6c6c7ccccc7c7ccccc7c6c5c4)n3)c2)cc1. The summed E-state index contributed by atoms with van der Waals surface area (Å²) in [4.78, 5) is 15.7. The number of hydrogen-bond donors (Lipinski definition) is 0. The van der Waals surface area contributed by atoms with Crippen LogP contribution in [0.1, 0.15) is 0 Å². The van der Waals surface area contributed by atoms with Gasteiger partial charge in [-0.3, -0.25) is 0 Å². The molecule has 288 valence electrons. The van der Waals surface area contributed by atoms with E-state index in [9.17, 15) is 0 Å². The topological polar surface area (TPSA) is 38.7 Å². The van der Waals surface area contributed by atoms with Gasteiger partial charge in [0.05, 0.1) is 0 Å². The Morgan fingerprint density at radius 1 is 0.177 bits per heavy atom. The van der Waals surface area contributed by atoms with Crippen molar-refractivity contribution in [1.82, 2.24) is 15.0 Å². The predicted octanol–water partition coefficient (Wildman–Crippen LogP) is 15.7. The molecule has 3 heteroatoms. The van der Waals surface area contributed by atoms with Crippen molar-refractivity contribution >= 4 is 75.4 Å². The van der Waals surface area contributed by atoms with E-state index in [0.717, 1.165) is 38.6 Å². The average Bonchev–Trinajstić information content (AvgIpc) is 3.36. The third-order valence-corrected chi connectivity index (χ3v) is 12.3. The van der Waals surface area contributed by atoms with Gasteiger partial charge in [0.2, 0.25) is 0 Å². The van der Waals surface area contributed by atoms with Gasteiger partial charge in [-0.1, -0.05) is 212 Å². The Morgan fingerprint density at radius 3 is 0.952 bits per heavy atom. The molecule has 0 N–H and O–H groups in total. The molecule has 12 aromatic rings. The van der Waals surface area contributed by atoms with Crippen molar-refractivity contribution in [2.75, 3.05) is 0 Å². The molecule has 1 aromatic heterocycles. The van der Waals surface area contributed by atoms with E-state index < -0.39 is 0 Å². The lowest BCUT2D eigenvalue weighted by molar-refractivity contribution is 1.07. The smallest absolute Gasteiger partial charge is 0.164 e. The molecular weight excluding hydrogens is 751 g/mol. The molecule has 3 nitrogen and oxygen atoms in total. The molecule has 12 rings (SSSR count). The van der Waals surface area contributed by atoms with Crippen LogP contribution in [-0.4, -0.2) is 15.0 Å². The minimum absolute atomic E-state index is 0.615. The molecule has 0 unspecified atom stereocenters. The van der Waals surface area contributed by atoms with Gasteiger partial charge in [-0.2, -0.15) is 0 Å². The second kappa shape index (κ2) is 14.8. The summed E-state index contributed by atoms with van der Waals surface area (Å²) in [7, 11) is 0. The fourth-order valence-corrected chi connectivity index (χ4v) is 9.49. The molecule has 62 heavy (non-hydrogen) atoms. The summed E-state index contributed by atoms with van der Waals surface area (Å²) in [6, 6.07) is 80.4. The minimum atomic E-state index is 0.615. The van der Waals surface area contributed by atoms with Crippen molar-refractivity contribution in [2.45, 2.75) is 0 Å². The maximum Gasteiger partial charge on any atom is 0.164 e. The van der Waals surface area contributed by atoms with Gasteiger partial charge < -0.3 is 0 Å². The van der Waals surface area contributed by atoms with E-state index in [4.69, 9.17) is 15.0 Å². The van der Waals surface area contributed by atoms with Gasteiger partial charge in [0.25, 0.3) is 0 Å². The van der Waals surface area contributed by atoms with Crippen LogP contribution in [0.2, 0.25) is 0 Å². The Hall–Kier alpha value is -8.27. The maximum absolute atomic E-state index is 5.31. The lowest BCUT2D eigenvalue weighted by atomic mass is 9.88. The normalized spacial score (nSPS) is 11.5.